The molecular formula is C15H14Cl3NO3. The van der Waals surface area contributed by atoms with Gasteiger partial charge in [0.05, 0.1) is 21.7 Å². The van der Waals surface area contributed by atoms with Crippen LogP contribution in [-0.2, 0) is 14.3 Å². The molecule has 0 bridgehead atoms. The highest BCUT2D eigenvalue weighted by Crippen LogP contribution is 2.33. The second kappa shape index (κ2) is 7.86. The van der Waals surface area contributed by atoms with Crippen molar-refractivity contribution in [2.24, 2.45) is 5.92 Å². The lowest BCUT2D eigenvalue weighted by Gasteiger charge is -2.16. The van der Waals surface area contributed by atoms with Crippen molar-refractivity contribution in [3.05, 3.63) is 39.4 Å². The van der Waals surface area contributed by atoms with Crippen LogP contribution in [-0.4, -0.2) is 18.5 Å². The van der Waals surface area contributed by atoms with E-state index in [1.54, 1.807) is 0 Å². The summed E-state index contributed by atoms with van der Waals surface area (Å²) in [6.45, 7) is -0.381. The molecular weight excluding hydrogens is 349 g/mol. The number of anilines is 1. The first kappa shape index (κ1) is 17.1. The largest absolute Gasteiger partial charge is 0.455 e. The molecule has 0 saturated carbocycles. The van der Waals surface area contributed by atoms with E-state index in [-0.39, 0.29) is 34.2 Å². The van der Waals surface area contributed by atoms with E-state index in [9.17, 15) is 9.59 Å². The van der Waals surface area contributed by atoms with Gasteiger partial charge >= 0.3 is 5.97 Å². The Bertz CT molecular complexity index is 593. The Morgan fingerprint density at radius 1 is 1.18 bits per heavy atom. The van der Waals surface area contributed by atoms with E-state index in [0.29, 0.717) is 11.4 Å². The van der Waals surface area contributed by atoms with Crippen molar-refractivity contribution < 1.29 is 14.3 Å². The maximum absolute atomic E-state index is 11.8. The van der Waals surface area contributed by atoms with E-state index >= 15 is 0 Å². The van der Waals surface area contributed by atoms with E-state index in [4.69, 9.17) is 39.5 Å². The van der Waals surface area contributed by atoms with E-state index < -0.39 is 5.91 Å². The summed E-state index contributed by atoms with van der Waals surface area (Å²) >= 11 is 17.7. The molecule has 2 rings (SSSR count). The Balaban J connectivity index is 1.88. The van der Waals surface area contributed by atoms with Gasteiger partial charge < -0.3 is 10.1 Å². The van der Waals surface area contributed by atoms with Crippen LogP contribution in [0.5, 0.6) is 0 Å². The number of carbonyl (C=O) groups is 2. The second-order valence-corrected chi connectivity index (χ2v) is 6.13. The molecule has 22 heavy (non-hydrogen) atoms. The third-order valence-corrected chi connectivity index (χ3v) is 4.03. The zero-order valence-electron chi connectivity index (χ0n) is 11.6. The lowest BCUT2D eigenvalue weighted by Crippen LogP contribution is -2.25. The monoisotopic (exact) mass is 361 g/mol. The quantitative estimate of drug-likeness (QED) is 0.634. The summed E-state index contributed by atoms with van der Waals surface area (Å²) in [4.78, 5) is 23.7. The summed E-state index contributed by atoms with van der Waals surface area (Å²) in [5, 5.41) is 3.31. The molecule has 1 aliphatic rings. The molecule has 0 radical (unpaired) electrons. The van der Waals surface area contributed by atoms with Crippen molar-refractivity contribution in [3.63, 3.8) is 0 Å². The molecule has 1 aromatic rings. The normalized spacial score (nSPS) is 17.1. The first-order valence-corrected chi connectivity index (χ1v) is 7.87. The minimum absolute atomic E-state index is 0.180. The molecule has 0 saturated heterocycles. The van der Waals surface area contributed by atoms with Gasteiger partial charge in [-0.1, -0.05) is 47.0 Å². The highest BCUT2D eigenvalue weighted by Gasteiger charge is 2.21. The number of esters is 1. The lowest BCUT2D eigenvalue weighted by molar-refractivity contribution is -0.151. The number of benzene rings is 1. The molecule has 7 heteroatoms. The van der Waals surface area contributed by atoms with Gasteiger partial charge in [-0.2, -0.15) is 0 Å². The highest BCUT2D eigenvalue weighted by atomic mass is 35.5. The van der Waals surface area contributed by atoms with Crippen molar-refractivity contribution in [3.8, 4) is 0 Å². The smallest absolute Gasteiger partial charge is 0.309 e. The van der Waals surface area contributed by atoms with E-state index in [2.05, 4.69) is 5.32 Å². The maximum atomic E-state index is 11.8. The number of allylic oxidation sites excluding steroid dienone is 2. The first-order chi connectivity index (χ1) is 10.5. The van der Waals surface area contributed by atoms with E-state index in [1.165, 1.54) is 12.1 Å². The van der Waals surface area contributed by atoms with Crippen molar-refractivity contribution in [1.82, 2.24) is 0 Å². The van der Waals surface area contributed by atoms with Crippen LogP contribution in [0.25, 0.3) is 0 Å². The van der Waals surface area contributed by atoms with Crippen LogP contribution < -0.4 is 5.32 Å². The minimum Gasteiger partial charge on any atom is -0.455 e. The summed E-state index contributed by atoms with van der Waals surface area (Å²) in [7, 11) is 0. The number of rotatable bonds is 4. The summed E-state index contributed by atoms with van der Waals surface area (Å²) in [5.41, 5.74) is 0.245. The fraction of sp³-hybridized carbons (Fsp3) is 0.333. The van der Waals surface area contributed by atoms with Gasteiger partial charge in [0.2, 0.25) is 0 Å². The Labute approximate surface area is 143 Å². The fourth-order valence-corrected chi connectivity index (χ4v) is 3.01. The Hall–Kier alpha value is -1.23. The van der Waals surface area contributed by atoms with Gasteiger partial charge in [-0.3, -0.25) is 9.59 Å². The molecule has 0 unspecified atom stereocenters. The van der Waals surface area contributed by atoms with Crippen LogP contribution >= 0.6 is 34.8 Å². The summed E-state index contributed by atoms with van der Waals surface area (Å²) in [5.74, 6) is -1.06. The van der Waals surface area contributed by atoms with Crippen molar-refractivity contribution in [2.75, 3.05) is 11.9 Å². The van der Waals surface area contributed by atoms with Gasteiger partial charge in [0.25, 0.3) is 5.91 Å². The summed E-state index contributed by atoms with van der Waals surface area (Å²) in [6.07, 6.45) is 6.22. The third kappa shape index (κ3) is 4.63. The van der Waals surface area contributed by atoms with Crippen LogP contribution in [0.15, 0.2) is 24.3 Å². The van der Waals surface area contributed by atoms with Crippen LogP contribution in [0.3, 0.4) is 0 Å². The molecule has 0 aliphatic heterocycles. The predicted molar refractivity (Wildman–Crippen MR) is 87.5 cm³/mol. The summed E-state index contributed by atoms with van der Waals surface area (Å²) < 4.78 is 5.02. The summed E-state index contributed by atoms with van der Waals surface area (Å²) in [6, 6.07) is 2.93. The Morgan fingerprint density at radius 3 is 2.45 bits per heavy atom. The van der Waals surface area contributed by atoms with Gasteiger partial charge in [0.1, 0.15) is 0 Å². The molecule has 0 spiro atoms. The molecule has 1 N–H and O–H groups in total. The minimum atomic E-state index is -0.508. The zero-order valence-corrected chi connectivity index (χ0v) is 13.8. The molecule has 0 aromatic heterocycles. The molecule has 118 valence electrons. The third-order valence-electron chi connectivity index (χ3n) is 3.22. The highest BCUT2D eigenvalue weighted by molar-refractivity contribution is 6.42. The molecule has 1 atom stereocenters. The first-order valence-electron chi connectivity index (χ1n) is 6.73. The van der Waals surface area contributed by atoms with Crippen molar-refractivity contribution >= 4 is 52.4 Å². The van der Waals surface area contributed by atoms with E-state index in [1.807, 2.05) is 12.2 Å². The number of amides is 1. The number of hydrogen-bond donors (Lipinski definition) is 1. The van der Waals surface area contributed by atoms with Crippen molar-refractivity contribution in [2.45, 2.75) is 19.3 Å². The van der Waals surface area contributed by atoms with Crippen molar-refractivity contribution in [1.29, 1.82) is 0 Å². The average Bonchev–Trinajstić information content (AvgIpc) is 2.49. The van der Waals surface area contributed by atoms with Crippen LogP contribution in [0.2, 0.25) is 15.1 Å². The SMILES string of the molecule is O=C(COC(=O)[C@H]1CC=CCC1)Nc1c(Cl)cc(Cl)cc1Cl. The van der Waals surface area contributed by atoms with Crippen LogP contribution in [0, 0.1) is 5.92 Å². The number of hydrogen-bond acceptors (Lipinski definition) is 3. The van der Waals surface area contributed by atoms with Gasteiger partial charge in [-0.05, 0) is 31.4 Å². The fourth-order valence-electron chi connectivity index (χ4n) is 2.10. The zero-order chi connectivity index (χ0) is 16.1. The Morgan fingerprint density at radius 2 is 1.86 bits per heavy atom. The Kier molecular flexibility index (Phi) is 6.12. The molecule has 1 aliphatic carbocycles. The number of ether oxygens (including phenoxy) is 1. The number of halogens is 3. The van der Waals surface area contributed by atoms with Gasteiger partial charge in [-0.15, -0.1) is 0 Å². The predicted octanol–water partition coefficient (Wildman–Crippen LogP) is 4.48. The van der Waals surface area contributed by atoms with Crippen LogP contribution in [0.4, 0.5) is 5.69 Å². The molecule has 4 nitrogen and oxygen atoms in total. The van der Waals surface area contributed by atoms with Crippen LogP contribution in [0.1, 0.15) is 19.3 Å². The van der Waals surface area contributed by atoms with Gasteiger partial charge in [-0.25, -0.2) is 0 Å². The standard InChI is InChI=1S/C15H14Cl3NO3/c16-10-6-11(17)14(12(18)7-10)19-13(20)8-22-15(21)9-4-2-1-3-5-9/h1-2,6-7,9H,3-5,8H2,(H,19,20)/t9-/m0/s1. The van der Waals surface area contributed by atoms with Gasteiger partial charge in [0, 0.05) is 5.02 Å². The molecule has 0 heterocycles. The lowest BCUT2D eigenvalue weighted by atomic mass is 9.95. The van der Waals surface area contributed by atoms with Gasteiger partial charge in [0.15, 0.2) is 6.61 Å². The number of nitrogens with one attached hydrogen (secondary N) is 1. The second-order valence-electron chi connectivity index (χ2n) is 4.88. The average molecular weight is 363 g/mol. The molecule has 1 amide bonds. The molecule has 1 aromatic carbocycles. The topological polar surface area (TPSA) is 55.4 Å². The maximum Gasteiger partial charge on any atom is 0.309 e. The molecule has 0 fully saturated rings. The number of carbonyl (C=O) groups excluding carboxylic acids is 2. The van der Waals surface area contributed by atoms with E-state index in [0.717, 1.165) is 12.8 Å².